The molecule has 0 atom stereocenters. The summed E-state index contributed by atoms with van der Waals surface area (Å²) in [6.07, 6.45) is 3.41. The minimum Gasteiger partial charge on any atom is -0.392 e. The van der Waals surface area contributed by atoms with Gasteiger partial charge in [0.05, 0.1) is 29.6 Å². The van der Waals surface area contributed by atoms with E-state index in [1.807, 2.05) is 30.3 Å². The average Bonchev–Trinajstić information content (AvgIpc) is 2.80. The SMILES string of the molecule is N#Cc1ccccc1-c1cc(-c2ccccn2)cn(-c2ccccc2CO)c1=O. The summed E-state index contributed by atoms with van der Waals surface area (Å²) in [6.45, 7) is -0.194. The second-order valence-electron chi connectivity index (χ2n) is 6.48. The van der Waals surface area contributed by atoms with Crippen LogP contribution in [0, 0.1) is 11.3 Å². The second kappa shape index (κ2) is 7.93. The Morgan fingerprint density at radius 3 is 2.48 bits per heavy atom. The Morgan fingerprint density at radius 1 is 0.966 bits per heavy atom. The molecule has 0 aliphatic rings. The van der Waals surface area contributed by atoms with Crippen LogP contribution in [0.25, 0.3) is 28.1 Å². The highest BCUT2D eigenvalue weighted by Crippen LogP contribution is 2.26. The Bertz CT molecular complexity index is 1270. The predicted octanol–water partition coefficient (Wildman–Crippen LogP) is 3.93. The summed E-state index contributed by atoms with van der Waals surface area (Å²) in [6, 6.07) is 23.7. The molecule has 1 N–H and O–H groups in total. The number of aliphatic hydroxyl groups excluding tert-OH is 1. The monoisotopic (exact) mass is 379 g/mol. The topological polar surface area (TPSA) is 78.9 Å². The first-order valence-corrected chi connectivity index (χ1v) is 9.09. The highest BCUT2D eigenvalue weighted by Gasteiger charge is 2.16. The Hall–Kier alpha value is -4.01. The van der Waals surface area contributed by atoms with Crippen LogP contribution >= 0.6 is 0 Å². The van der Waals surface area contributed by atoms with Crippen LogP contribution in [0.5, 0.6) is 0 Å². The molecule has 5 heteroatoms. The summed E-state index contributed by atoms with van der Waals surface area (Å²) in [5.74, 6) is 0. The second-order valence-corrected chi connectivity index (χ2v) is 6.48. The van der Waals surface area contributed by atoms with E-state index >= 15 is 0 Å². The van der Waals surface area contributed by atoms with Gasteiger partial charge >= 0.3 is 0 Å². The zero-order chi connectivity index (χ0) is 20.2. The molecule has 4 aromatic rings. The third kappa shape index (κ3) is 3.45. The fourth-order valence-corrected chi connectivity index (χ4v) is 3.32. The molecule has 0 amide bonds. The molecule has 4 rings (SSSR count). The number of benzene rings is 2. The Labute approximate surface area is 167 Å². The molecule has 0 unspecified atom stereocenters. The molecule has 29 heavy (non-hydrogen) atoms. The van der Waals surface area contributed by atoms with Gasteiger partial charge in [0, 0.05) is 34.6 Å². The number of hydrogen-bond acceptors (Lipinski definition) is 4. The smallest absolute Gasteiger partial charge is 0.263 e. The van der Waals surface area contributed by atoms with Gasteiger partial charge < -0.3 is 5.11 Å². The summed E-state index contributed by atoms with van der Waals surface area (Å²) >= 11 is 0. The molecular formula is C24H17N3O2. The maximum absolute atomic E-state index is 13.4. The first-order valence-electron chi connectivity index (χ1n) is 9.09. The lowest BCUT2D eigenvalue weighted by atomic mass is 9.99. The van der Waals surface area contributed by atoms with Crippen molar-refractivity contribution in [3.05, 3.63) is 107 Å². The van der Waals surface area contributed by atoms with Crippen LogP contribution in [0.3, 0.4) is 0 Å². The highest BCUT2D eigenvalue weighted by atomic mass is 16.3. The van der Waals surface area contributed by atoms with Gasteiger partial charge in [-0.15, -0.1) is 0 Å². The summed E-state index contributed by atoms with van der Waals surface area (Å²) < 4.78 is 1.51. The first-order chi connectivity index (χ1) is 14.2. The largest absolute Gasteiger partial charge is 0.392 e. The molecule has 5 nitrogen and oxygen atoms in total. The van der Waals surface area contributed by atoms with Crippen molar-refractivity contribution in [2.45, 2.75) is 6.61 Å². The van der Waals surface area contributed by atoms with E-state index in [9.17, 15) is 15.2 Å². The van der Waals surface area contributed by atoms with Crippen molar-refractivity contribution < 1.29 is 5.11 Å². The van der Waals surface area contributed by atoms with E-state index in [1.165, 1.54) is 4.57 Å². The minimum absolute atomic E-state index is 0.194. The van der Waals surface area contributed by atoms with Gasteiger partial charge in [0.15, 0.2) is 0 Å². The van der Waals surface area contributed by atoms with Crippen LogP contribution in [0.1, 0.15) is 11.1 Å². The van der Waals surface area contributed by atoms with Gasteiger partial charge in [0.2, 0.25) is 0 Å². The molecule has 2 aromatic heterocycles. The van der Waals surface area contributed by atoms with Crippen LogP contribution in [-0.4, -0.2) is 14.7 Å². The Morgan fingerprint density at radius 2 is 1.72 bits per heavy atom. The van der Waals surface area contributed by atoms with Crippen LogP contribution in [0.4, 0.5) is 0 Å². The molecule has 0 fully saturated rings. The number of nitrogens with zero attached hydrogens (tertiary/aromatic N) is 3. The Balaban J connectivity index is 2.07. The van der Waals surface area contributed by atoms with Crippen LogP contribution < -0.4 is 5.56 Å². The van der Waals surface area contributed by atoms with Gasteiger partial charge in [-0.1, -0.05) is 42.5 Å². The molecule has 2 aromatic carbocycles. The first kappa shape index (κ1) is 18.4. The number of pyridine rings is 2. The lowest BCUT2D eigenvalue weighted by Crippen LogP contribution is -2.21. The molecule has 0 bridgehead atoms. The fraction of sp³-hybridized carbons (Fsp3) is 0.0417. The molecule has 0 aliphatic heterocycles. The number of rotatable bonds is 4. The van der Waals surface area contributed by atoms with Crippen LogP contribution in [0.2, 0.25) is 0 Å². The lowest BCUT2D eigenvalue weighted by Gasteiger charge is -2.15. The zero-order valence-corrected chi connectivity index (χ0v) is 15.5. The van der Waals surface area contributed by atoms with Gasteiger partial charge in [-0.3, -0.25) is 14.3 Å². The number of hydrogen-bond donors (Lipinski definition) is 1. The number of aliphatic hydroxyl groups is 1. The summed E-state index contributed by atoms with van der Waals surface area (Å²) in [4.78, 5) is 17.8. The maximum Gasteiger partial charge on any atom is 0.263 e. The van der Waals surface area contributed by atoms with Crippen molar-refractivity contribution in [3.63, 3.8) is 0 Å². The molecule has 0 aliphatic carbocycles. The molecular weight excluding hydrogens is 362 g/mol. The van der Waals surface area contributed by atoms with Crippen LogP contribution in [-0.2, 0) is 6.61 Å². The van der Waals surface area contributed by atoms with Gasteiger partial charge in [-0.2, -0.15) is 5.26 Å². The summed E-state index contributed by atoms with van der Waals surface area (Å²) in [5.41, 5.74) is 3.78. The molecule has 0 spiro atoms. The third-order valence-corrected chi connectivity index (χ3v) is 4.74. The van der Waals surface area contributed by atoms with E-state index in [2.05, 4.69) is 11.1 Å². The number of nitriles is 1. The van der Waals surface area contributed by atoms with Crippen molar-refractivity contribution in [2.24, 2.45) is 0 Å². The lowest BCUT2D eigenvalue weighted by molar-refractivity contribution is 0.281. The van der Waals surface area contributed by atoms with E-state index in [4.69, 9.17) is 0 Å². The van der Waals surface area contributed by atoms with Crippen LogP contribution in [0.15, 0.2) is 90.0 Å². The van der Waals surface area contributed by atoms with E-state index < -0.39 is 0 Å². The van der Waals surface area contributed by atoms with E-state index in [0.717, 1.165) is 5.56 Å². The minimum atomic E-state index is -0.270. The van der Waals surface area contributed by atoms with Crippen molar-refractivity contribution >= 4 is 0 Å². The quantitative estimate of drug-likeness (QED) is 0.583. The normalized spacial score (nSPS) is 10.5. The molecule has 2 heterocycles. The van der Waals surface area contributed by atoms with Gasteiger partial charge in [0.1, 0.15) is 0 Å². The maximum atomic E-state index is 13.4. The van der Waals surface area contributed by atoms with Crippen molar-refractivity contribution in [1.29, 1.82) is 5.26 Å². The summed E-state index contributed by atoms with van der Waals surface area (Å²) in [5, 5.41) is 19.3. The highest BCUT2D eigenvalue weighted by molar-refractivity contribution is 5.75. The number of para-hydroxylation sites is 1. The standard InChI is InChI=1S/C24H17N3O2/c25-14-17-7-1-3-9-20(17)21-13-19(22-10-5-6-12-26-22)15-27(24(21)29)23-11-4-2-8-18(23)16-28/h1-13,15,28H,16H2. The van der Waals surface area contributed by atoms with Gasteiger partial charge in [-0.25, -0.2) is 0 Å². The zero-order valence-electron chi connectivity index (χ0n) is 15.5. The van der Waals surface area contributed by atoms with Gasteiger partial charge in [-0.05, 0) is 30.3 Å². The third-order valence-electron chi connectivity index (χ3n) is 4.74. The van der Waals surface area contributed by atoms with E-state index in [0.29, 0.717) is 33.6 Å². The average molecular weight is 379 g/mol. The Kier molecular flexibility index (Phi) is 5.02. The molecule has 0 saturated heterocycles. The number of aromatic nitrogens is 2. The summed E-state index contributed by atoms with van der Waals surface area (Å²) in [7, 11) is 0. The van der Waals surface area contributed by atoms with Crippen molar-refractivity contribution in [2.75, 3.05) is 0 Å². The van der Waals surface area contributed by atoms with E-state index in [1.54, 1.807) is 54.9 Å². The molecule has 0 saturated carbocycles. The predicted molar refractivity (Wildman–Crippen MR) is 111 cm³/mol. The van der Waals surface area contributed by atoms with Gasteiger partial charge in [0.25, 0.3) is 5.56 Å². The van der Waals surface area contributed by atoms with Crippen molar-refractivity contribution in [3.8, 4) is 34.1 Å². The molecule has 0 radical (unpaired) electrons. The van der Waals surface area contributed by atoms with E-state index in [-0.39, 0.29) is 12.2 Å². The fourth-order valence-electron chi connectivity index (χ4n) is 3.32. The molecule has 140 valence electrons. The van der Waals surface area contributed by atoms with Crippen molar-refractivity contribution in [1.82, 2.24) is 9.55 Å².